The Labute approximate surface area is 125 Å². The van der Waals surface area contributed by atoms with Gasteiger partial charge in [0.2, 0.25) is 0 Å². The van der Waals surface area contributed by atoms with Crippen molar-refractivity contribution in [3.05, 3.63) is 57.6 Å². The van der Waals surface area contributed by atoms with Gasteiger partial charge in [0, 0.05) is 15.7 Å². The first kappa shape index (κ1) is 14.1. The maximum absolute atomic E-state index is 12.2. The zero-order valence-corrected chi connectivity index (χ0v) is 12.4. The van der Waals surface area contributed by atoms with Crippen LogP contribution in [0.4, 0.5) is 11.4 Å². The van der Waals surface area contributed by atoms with Crippen molar-refractivity contribution in [3.63, 3.8) is 0 Å². The standard InChI is InChI=1S/C15H12BrN3O/c1-9-6-11(16)2-4-13(9)15(20)19-14-5-3-12(18)7-10(14)8-17/h2-7H,18H2,1H3,(H,19,20). The number of nitriles is 1. The Balaban J connectivity index is 2.31. The largest absolute Gasteiger partial charge is 0.399 e. The number of hydrogen-bond acceptors (Lipinski definition) is 3. The van der Waals surface area contributed by atoms with Gasteiger partial charge >= 0.3 is 0 Å². The Morgan fingerprint density at radius 2 is 2.05 bits per heavy atom. The molecule has 0 atom stereocenters. The highest BCUT2D eigenvalue weighted by Gasteiger charge is 2.11. The number of nitrogen functional groups attached to an aromatic ring is 1. The Morgan fingerprint density at radius 3 is 2.70 bits per heavy atom. The number of halogens is 1. The third-order valence-electron chi connectivity index (χ3n) is 2.85. The summed E-state index contributed by atoms with van der Waals surface area (Å²) in [7, 11) is 0. The molecule has 0 aliphatic carbocycles. The van der Waals surface area contributed by atoms with E-state index in [9.17, 15) is 4.79 Å². The lowest BCUT2D eigenvalue weighted by Gasteiger charge is -2.09. The summed E-state index contributed by atoms with van der Waals surface area (Å²) in [5, 5.41) is 11.8. The monoisotopic (exact) mass is 329 g/mol. The predicted octanol–water partition coefficient (Wildman–Crippen LogP) is 3.46. The molecule has 5 heteroatoms. The van der Waals surface area contributed by atoms with Crippen molar-refractivity contribution < 1.29 is 4.79 Å². The van der Waals surface area contributed by atoms with Crippen LogP contribution in [0.5, 0.6) is 0 Å². The number of rotatable bonds is 2. The van der Waals surface area contributed by atoms with Crippen LogP contribution in [-0.4, -0.2) is 5.91 Å². The van der Waals surface area contributed by atoms with Gasteiger partial charge in [-0.2, -0.15) is 5.26 Å². The molecule has 0 spiro atoms. The summed E-state index contributed by atoms with van der Waals surface area (Å²) in [6.07, 6.45) is 0. The van der Waals surface area contributed by atoms with Crippen molar-refractivity contribution in [2.24, 2.45) is 0 Å². The molecule has 0 heterocycles. The number of amides is 1. The molecule has 0 radical (unpaired) electrons. The van der Waals surface area contributed by atoms with Gasteiger partial charge in [-0.1, -0.05) is 15.9 Å². The highest BCUT2D eigenvalue weighted by atomic mass is 79.9. The third kappa shape index (κ3) is 2.98. The molecule has 20 heavy (non-hydrogen) atoms. The van der Waals surface area contributed by atoms with E-state index in [0.29, 0.717) is 22.5 Å². The van der Waals surface area contributed by atoms with Gasteiger partial charge < -0.3 is 11.1 Å². The minimum atomic E-state index is -0.253. The summed E-state index contributed by atoms with van der Waals surface area (Å²) in [4.78, 5) is 12.2. The Morgan fingerprint density at radius 1 is 1.30 bits per heavy atom. The highest BCUT2D eigenvalue weighted by molar-refractivity contribution is 9.10. The quantitative estimate of drug-likeness (QED) is 0.828. The molecule has 0 unspecified atom stereocenters. The van der Waals surface area contributed by atoms with E-state index >= 15 is 0 Å². The van der Waals surface area contributed by atoms with Gasteiger partial charge in [0.05, 0.1) is 11.3 Å². The molecule has 100 valence electrons. The van der Waals surface area contributed by atoms with Crippen molar-refractivity contribution in [2.45, 2.75) is 6.92 Å². The van der Waals surface area contributed by atoms with Crippen LogP contribution in [0.1, 0.15) is 21.5 Å². The van der Waals surface area contributed by atoms with E-state index in [-0.39, 0.29) is 5.91 Å². The lowest BCUT2D eigenvalue weighted by molar-refractivity contribution is 0.102. The van der Waals surface area contributed by atoms with Gasteiger partial charge in [-0.25, -0.2) is 0 Å². The minimum Gasteiger partial charge on any atom is -0.399 e. The van der Waals surface area contributed by atoms with Crippen LogP contribution in [0.3, 0.4) is 0 Å². The number of nitrogens with one attached hydrogen (secondary N) is 1. The van der Waals surface area contributed by atoms with E-state index in [1.807, 2.05) is 19.1 Å². The second kappa shape index (κ2) is 5.76. The van der Waals surface area contributed by atoms with Crippen molar-refractivity contribution in [1.82, 2.24) is 0 Å². The van der Waals surface area contributed by atoms with Gasteiger partial charge in [0.25, 0.3) is 5.91 Å². The molecule has 0 saturated carbocycles. The topological polar surface area (TPSA) is 78.9 Å². The van der Waals surface area contributed by atoms with Crippen LogP contribution in [-0.2, 0) is 0 Å². The van der Waals surface area contributed by atoms with E-state index in [1.54, 1.807) is 24.3 Å². The van der Waals surface area contributed by atoms with E-state index in [2.05, 4.69) is 21.2 Å². The van der Waals surface area contributed by atoms with Crippen LogP contribution < -0.4 is 11.1 Å². The molecule has 1 amide bonds. The Bertz CT molecular complexity index is 720. The second-order valence-corrected chi connectivity index (χ2v) is 5.25. The van der Waals surface area contributed by atoms with Crippen molar-refractivity contribution in [3.8, 4) is 6.07 Å². The summed E-state index contributed by atoms with van der Waals surface area (Å²) in [6.45, 7) is 1.86. The lowest BCUT2D eigenvalue weighted by atomic mass is 10.1. The number of carbonyl (C=O) groups is 1. The van der Waals surface area contributed by atoms with Crippen molar-refractivity contribution in [2.75, 3.05) is 11.1 Å². The fraction of sp³-hybridized carbons (Fsp3) is 0.0667. The molecule has 2 aromatic carbocycles. The third-order valence-corrected chi connectivity index (χ3v) is 3.34. The van der Waals surface area contributed by atoms with Crippen LogP contribution in [0, 0.1) is 18.3 Å². The first-order valence-corrected chi connectivity index (χ1v) is 6.67. The van der Waals surface area contributed by atoms with Crippen molar-refractivity contribution in [1.29, 1.82) is 5.26 Å². The molecular formula is C15H12BrN3O. The molecule has 0 fully saturated rings. The average molecular weight is 330 g/mol. The zero-order chi connectivity index (χ0) is 14.7. The number of benzene rings is 2. The Hall–Kier alpha value is -2.32. The van der Waals surface area contributed by atoms with Gasteiger partial charge in [0.15, 0.2) is 0 Å². The molecule has 0 bridgehead atoms. The summed E-state index contributed by atoms with van der Waals surface area (Å²) < 4.78 is 0.914. The lowest BCUT2D eigenvalue weighted by Crippen LogP contribution is -2.14. The second-order valence-electron chi connectivity index (χ2n) is 4.33. The van der Waals surface area contributed by atoms with E-state index < -0.39 is 0 Å². The van der Waals surface area contributed by atoms with Crippen LogP contribution in [0.25, 0.3) is 0 Å². The molecule has 0 aliphatic rings. The predicted molar refractivity (Wildman–Crippen MR) is 82.4 cm³/mol. The van der Waals surface area contributed by atoms with E-state index in [4.69, 9.17) is 11.0 Å². The molecule has 0 aromatic heterocycles. The summed E-state index contributed by atoms with van der Waals surface area (Å²) in [6, 6.07) is 12.2. The molecule has 4 nitrogen and oxygen atoms in total. The van der Waals surface area contributed by atoms with Crippen LogP contribution >= 0.6 is 15.9 Å². The normalized spacial score (nSPS) is 9.85. The zero-order valence-electron chi connectivity index (χ0n) is 10.8. The SMILES string of the molecule is Cc1cc(Br)ccc1C(=O)Nc1ccc(N)cc1C#N. The molecule has 0 saturated heterocycles. The van der Waals surface area contributed by atoms with Crippen molar-refractivity contribution >= 4 is 33.2 Å². The average Bonchev–Trinajstić information content (AvgIpc) is 2.40. The first-order chi connectivity index (χ1) is 9.51. The first-order valence-electron chi connectivity index (χ1n) is 5.88. The summed E-state index contributed by atoms with van der Waals surface area (Å²) in [5.74, 6) is -0.253. The van der Waals surface area contributed by atoms with Crippen LogP contribution in [0.2, 0.25) is 0 Å². The smallest absolute Gasteiger partial charge is 0.255 e. The van der Waals surface area contributed by atoms with Gasteiger partial charge in [0.1, 0.15) is 6.07 Å². The number of carbonyl (C=O) groups excluding carboxylic acids is 1. The van der Waals surface area contributed by atoms with Gasteiger partial charge in [-0.15, -0.1) is 0 Å². The Kier molecular flexibility index (Phi) is 4.06. The van der Waals surface area contributed by atoms with Gasteiger partial charge in [-0.05, 0) is 48.9 Å². The fourth-order valence-corrected chi connectivity index (χ4v) is 2.31. The summed E-state index contributed by atoms with van der Waals surface area (Å²) >= 11 is 3.35. The molecule has 2 rings (SSSR count). The minimum absolute atomic E-state index is 0.253. The van der Waals surface area contributed by atoms with E-state index in [0.717, 1.165) is 10.0 Å². The number of nitrogens with zero attached hydrogens (tertiary/aromatic N) is 1. The molecule has 0 aliphatic heterocycles. The van der Waals surface area contributed by atoms with E-state index in [1.165, 1.54) is 6.07 Å². The molecular weight excluding hydrogens is 318 g/mol. The molecule has 2 aromatic rings. The highest BCUT2D eigenvalue weighted by Crippen LogP contribution is 2.21. The maximum Gasteiger partial charge on any atom is 0.255 e. The number of hydrogen-bond donors (Lipinski definition) is 2. The summed E-state index contributed by atoms with van der Waals surface area (Å²) in [5.41, 5.74) is 8.31. The maximum atomic E-state index is 12.2. The fourth-order valence-electron chi connectivity index (χ4n) is 1.83. The van der Waals surface area contributed by atoms with Crippen LogP contribution in [0.15, 0.2) is 40.9 Å². The molecule has 3 N–H and O–H groups in total. The number of anilines is 2. The van der Waals surface area contributed by atoms with Gasteiger partial charge in [-0.3, -0.25) is 4.79 Å². The number of aryl methyl sites for hydroxylation is 1. The number of nitrogens with two attached hydrogens (primary N) is 1.